The Kier molecular flexibility index (Phi) is 22.2. The van der Waals surface area contributed by atoms with Crippen LogP contribution < -0.4 is 43.5 Å². The molecule has 2 aliphatic heterocycles. The number of likely N-dealkylation sites (N-methyl/N-ethyl adjacent to an activating group) is 1. The largest absolute Gasteiger partial charge is 0.490 e. The van der Waals surface area contributed by atoms with Gasteiger partial charge < -0.3 is 72.1 Å². The van der Waals surface area contributed by atoms with Crippen molar-refractivity contribution in [1.29, 1.82) is 0 Å². The third-order valence-corrected chi connectivity index (χ3v) is 15.7. The Labute approximate surface area is 531 Å². The first-order valence-electron chi connectivity index (χ1n) is 31.7. The van der Waals surface area contributed by atoms with E-state index in [0.717, 1.165) is 114 Å². The van der Waals surface area contributed by atoms with Crippen LogP contribution in [0.15, 0.2) is 129 Å². The van der Waals surface area contributed by atoms with Crippen molar-refractivity contribution in [2.24, 2.45) is 0 Å². The fourth-order valence-electron chi connectivity index (χ4n) is 11.5. The average molecular weight is 1240 g/mol. The van der Waals surface area contributed by atoms with E-state index in [1.165, 1.54) is 16.8 Å². The molecule has 2 aliphatic rings. The van der Waals surface area contributed by atoms with Crippen molar-refractivity contribution in [1.82, 2.24) is 45.6 Å². The topological polar surface area (TPSA) is 230 Å². The fourth-order valence-corrected chi connectivity index (χ4v) is 11.5. The minimum atomic E-state index is 0.135. The number of ether oxygens (including phenoxy) is 6. The quantitative estimate of drug-likeness (QED) is 0.0434. The predicted molar refractivity (Wildman–Crippen MR) is 354 cm³/mol. The molecule has 21 nitrogen and oxygen atoms in total. The Hall–Kier alpha value is -9.44. The van der Waals surface area contributed by atoms with Gasteiger partial charge in [-0.05, 0) is 164 Å². The summed E-state index contributed by atoms with van der Waals surface area (Å²) in [5, 5.41) is 26.3. The van der Waals surface area contributed by atoms with E-state index in [4.69, 9.17) is 47.0 Å². The first kappa shape index (κ1) is 64.5. The monoisotopic (exact) mass is 1240 g/mol. The zero-order chi connectivity index (χ0) is 63.6. The van der Waals surface area contributed by atoms with E-state index in [1.54, 1.807) is 0 Å². The molecule has 0 fully saturated rings. The van der Waals surface area contributed by atoms with Crippen LogP contribution in [0.1, 0.15) is 72.1 Å². The number of rotatable bonds is 27. The summed E-state index contributed by atoms with van der Waals surface area (Å²) in [4.78, 5) is 24.4. The summed E-state index contributed by atoms with van der Waals surface area (Å²) in [6, 6.07) is 35.5. The van der Waals surface area contributed by atoms with Crippen LogP contribution in [0.2, 0.25) is 0 Å². The molecular formula is C70H83N11O10. The van der Waals surface area contributed by atoms with Crippen LogP contribution in [0.25, 0.3) is 79.4 Å². The highest BCUT2D eigenvalue weighted by Gasteiger charge is 2.27. The zero-order valence-corrected chi connectivity index (χ0v) is 53.6. The van der Waals surface area contributed by atoms with Gasteiger partial charge in [0.05, 0.1) is 46.2 Å². The van der Waals surface area contributed by atoms with Crippen molar-refractivity contribution in [2.45, 2.75) is 74.8 Å². The summed E-state index contributed by atoms with van der Waals surface area (Å²) < 4.78 is 50.9. The number of aromatic nitrogens is 7. The highest BCUT2D eigenvalue weighted by Crippen LogP contribution is 2.41. The molecule has 0 aliphatic carbocycles. The lowest BCUT2D eigenvalue weighted by Gasteiger charge is -2.24. The molecule has 21 heteroatoms. The van der Waals surface area contributed by atoms with E-state index in [2.05, 4.69) is 88.6 Å². The molecule has 0 spiro atoms. The standard InChI is InChI=1S/C26H34N4O3.C22H24N4O3.C22H25N3O4/c1-5-29(6-2)16-17-30-15-14-20-21(10-9-11-22(20)30)25-27-26(33-28-25)19-12-13-23(31-7-3)24(18-19)32-8-4;1-4-27-18-10-9-14(11-19(18)28-5-2)22-25-21(26-29-22)16-7-6-8-17-20(16)15(12-23-3)13-24-17;1-3-27-19-9-8-15(14-20(19)28-4-2)22-23-21(24-29-22)17-6-5-7-18-16(17)10-11-25(18)12-13-26/h9-13,18H,5-8,14-17H2,1-4H3;6-11,13,23-24H,4-5,12H2,1-3H3;5-9,14,26H,3-4,10-13H2,1-2H3. The molecule has 4 aromatic heterocycles. The number of aliphatic hydroxyl groups is 1. The number of hydrogen-bond acceptors (Lipinski definition) is 20. The van der Waals surface area contributed by atoms with Gasteiger partial charge in [0.1, 0.15) is 0 Å². The van der Waals surface area contributed by atoms with Crippen LogP contribution in [-0.2, 0) is 19.4 Å². The van der Waals surface area contributed by atoms with Gasteiger partial charge in [-0.25, -0.2) is 0 Å². The molecule has 0 atom stereocenters. The molecule has 12 rings (SSSR count). The summed E-state index contributed by atoms with van der Waals surface area (Å²) in [5.41, 5.74) is 12.4. The number of nitrogens with zero attached hydrogens (tertiary/aromatic N) is 9. The maximum atomic E-state index is 9.28. The average Bonchev–Trinajstić information content (AvgIpc) is 1.87. The predicted octanol–water partition coefficient (Wildman–Crippen LogP) is 12.9. The molecule has 3 N–H and O–H groups in total. The fraction of sp³-hybridized carbons (Fsp3) is 0.371. The van der Waals surface area contributed by atoms with Gasteiger partial charge in [-0.15, -0.1) is 0 Å². The molecule has 478 valence electrons. The summed E-state index contributed by atoms with van der Waals surface area (Å²) in [6.07, 6.45) is 3.89. The normalized spacial score (nSPS) is 12.3. The minimum Gasteiger partial charge on any atom is -0.490 e. The van der Waals surface area contributed by atoms with E-state index in [1.807, 2.05) is 140 Å². The molecule has 0 radical (unpaired) electrons. The number of β-amino-alcohol motifs (C(OH)–C–C–N with tert-alkyl or cyclic N) is 1. The van der Waals surface area contributed by atoms with E-state index in [0.29, 0.717) is 116 Å². The van der Waals surface area contributed by atoms with Gasteiger partial charge in [-0.3, -0.25) is 0 Å². The van der Waals surface area contributed by atoms with Crippen LogP contribution in [0.5, 0.6) is 34.5 Å². The Bertz CT molecular complexity index is 3970. The van der Waals surface area contributed by atoms with E-state index in [9.17, 15) is 5.11 Å². The molecule has 0 bridgehead atoms. The third-order valence-electron chi connectivity index (χ3n) is 15.7. The van der Waals surface area contributed by atoms with Crippen molar-refractivity contribution in [3.63, 3.8) is 0 Å². The number of nitrogens with one attached hydrogen (secondary N) is 2. The second kappa shape index (κ2) is 31.3. The molecule has 91 heavy (non-hydrogen) atoms. The lowest BCUT2D eigenvalue weighted by Crippen LogP contribution is -2.34. The molecule has 10 aromatic rings. The van der Waals surface area contributed by atoms with Gasteiger partial charge in [0.15, 0.2) is 34.5 Å². The Morgan fingerprint density at radius 3 is 1.33 bits per heavy atom. The second-order valence-electron chi connectivity index (χ2n) is 21.3. The summed E-state index contributed by atoms with van der Waals surface area (Å²) in [5.74, 6) is 7.20. The number of hydrogen-bond donors (Lipinski definition) is 3. The zero-order valence-electron chi connectivity index (χ0n) is 53.6. The summed E-state index contributed by atoms with van der Waals surface area (Å²) in [6.45, 7) is 27.1. The van der Waals surface area contributed by atoms with E-state index < -0.39 is 0 Å². The highest BCUT2D eigenvalue weighted by atomic mass is 16.5. The number of benzene rings is 6. The van der Waals surface area contributed by atoms with Gasteiger partial charge in [-0.2, -0.15) is 15.0 Å². The Balaban J connectivity index is 0.000000150. The molecule has 0 unspecified atom stereocenters. The SMILES string of the molecule is CCOc1ccc(-c2nc(-c3cccc4[nH]cc(CNC)c34)no2)cc1OCC.CCOc1ccc(-c2nc(-c3cccc4c3CCN4CCN(CC)CC)no2)cc1OCC.CCOc1ccc(-c2nc(-c3cccc4c3CCN4CCO)no2)cc1OCC. The van der Waals surface area contributed by atoms with Crippen molar-refractivity contribution in [2.75, 3.05) is 109 Å². The van der Waals surface area contributed by atoms with Gasteiger partial charge in [-0.1, -0.05) is 65.7 Å². The number of aromatic amines is 1. The van der Waals surface area contributed by atoms with Crippen LogP contribution in [-0.4, -0.2) is 145 Å². The minimum absolute atomic E-state index is 0.135. The number of H-pyrrole nitrogens is 1. The number of anilines is 2. The molecule has 0 saturated heterocycles. The first-order valence-corrected chi connectivity index (χ1v) is 31.7. The Morgan fingerprint density at radius 2 is 0.912 bits per heavy atom. The molecular weight excluding hydrogens is 1150 g/mol. The van der Waals surface area contributed by atoms with Gasteiger partial charge in [0, 0.05) is 101 Å². The number of aliphatic hydroxyl groups excluding tert-OH is 1. The molecule has 0 saturated carbocycles. The summed E-state index contributed by atoms with van der Waals surface area (Å²) in [7, 11) is 1.93. The van der Waals surface area contributed by atoms with Crippen molar-refractivity contribution >= 4 is 22.3 Å². The lowest BCUT2D eigenvalue weighted by molar-refractivity contribution is 0.288. The third kappa shape index (κ3) is 14.9. The lowest BCUT2D eigenvalue weighted by atomic mass is 10.0. The van der Waals surface area contributed by atoms with E-state index in [-0.39, 0.29) is 6.61 Å². The van der Waals surface area contributed by atoms with Crippen molar-refractivity contribution in [3.8, 4) is 103 Å². The van der Waals surface area contributed by atoms with Crippen LogP contribution in [0.3, 0.4) is 0 Å². The highest BCUT2D eigenvalue weighted by molar-refractivity contribution is 5.96. The maximum Gasteiger partial charge on any atom is 0.258 e. The second-order valence-corrected chi connectivity index (χ2v) is 21.3. The smallest absolute Gasteiger partial charge is 0.258 e. The number of fused-ring (bicyclic) bond motifs is 3. The van der Waals surface area contributed by atoms with Gasteiger partial charge in [0.2, 0.25) is 17.5 Å². The van der Waals surface area contributed by atoms with E-state index >= 15 is 0 Å². The molecule has 6 aromatic carbocycles. The Morgan fingerprint density at radius 1 is 0.505 bits per heavy atom. The van der Waals surface area contributed by atoms with Gasteiger partial charge >= 0.3 is 0 Å². The van der Waals surface area contributed by atoms with Crippen molar-refractivity contribution in [3.05, 3.63) is 132 Å². The van der Waals surface area contributed by atoms with Crippen LogP contribution >= 0.6 is 0 Å². The van der Waals surface area contributed by atoms with Crippen LogP contribution in [0.4, 0.5) is 11.4 Å². The van der Waals surface area contributed by atoms with Crippen LogP contribution in [0, 0.1) is 0 Å². The molecule has 6 heterocycles. The maximum absolute atomic E-state index is 9.28. The molecule has 0 amide bonds. The van der Waals surface area contributed by atoms with Crippen molar-refractivity contribution < 1.29 is 47.1 Å². The van der Waals surface area contributed by atoms with Gasteiger partial charge in [0.25, 0.3) is 17.7 Å². The first-order chi connectivity index (χ1) is 44.7. The summed E-state index contributed by atoms with van der Waals surface area (Å²) >= 11 is 0.